The number of aliphatic hydroxyl groups excluding tert-OH is 2. The van der Waals surface area contributed by atoms with Gasteiger partial charge < -0.3 is 40.9 Å². The third-order valence-electron chi connectivity index (χ3n) is 10.3. The van der Waals surface area contributed by atoms with E-state index in [-0.39, 0.29) is 102 Å². The number of ketones is 6. The monoisotopic (exact) mass is 998 g/mol. The molecular formula is C60H54O14. The number of benzene rings is 6. The summed E-state index contributed by atoms with van der Waals surface area (Å²) >= 11 is 0. The molecule has 0 amide bonds. The molecule has 0 heterocycles. The van der Waals surface area contributed by atoms with Crippen molar-refractivity contribution in [3.05, 3.63) is 214 Å². The zero-order valence-corrected chi connectivity index (χ0v) is 40.1. The molecule has 74 heavy (non-hydrogen) atoms. The largest absolute Gasteiger partial charge is 0.508 e. The van der Waals surface area contributed by atoms with E-state index < -0.39 is 0 Å². The number of allylic oxidation sites excluding steroid dienone is 6. The second-order valence-electron chi connectivity index (χ2n) is 16.2. The molecule has 14 nitrogen and oxygen atoms in total. The first-order chi connectivity index (χ1) is 35.4. The van der Waals surface area contributed by atoms with Crippen LogP contribution >= 0.6 is 0 Å². The van der Waals surface area contributed by atoms with Gasteiger partial charge in [-0.05, 0) is 155 Å². The quantitative estimate of drug-likeness (QED) is 0.0262. The Morgan fingerprint density at radius 1 is 0.324 bits per heavy atom. The van der Waals surface area contributed by atoms with Gasteiger partial charge in [0.15, 0.2) is 34.7 Å². The molecule has 8 N–H and O–H groups in total. The normalized spacial score (nSPS) is 11.2. The van der Waals surface area contributed by atoms with Crippen LogP contribution in [0.3, 0.4) is 0 Å². The standard InChI is InChI=1S/C21H20O5.C20H18O5.C19H16O4/c1-14-10-15(4-8-20(14)25)2-6-18(23)12-19(24)7-3-16-5-9-21(26)17(11-16)13-22;21-13-16-11-15(5-10-20(16)25)4-9-19(24)12-18(23)8-3-14-1-6-17(22)7-2-14;20-16-7-1-14(2-8-16)5-11-18(22)13-19(23)12-6-15-3-9-17(21)10-4-15/h2-11,22,25-26H,12-13H2,1H3;1-11,21-22,25H,12-13H2;1-12,20-21H,13H2/b6-2+,7-3+;8-3+,9-4+;11-5+,12-6+. The molecule has 0 atom stereocenters. The van der Waals surface area contributed by atoms with Crippen molar-refractivity contribution >= 4 is 71.2 Å². The van der Waals surface area contributed by atoms with Crippen molar-refractivity contribution in [2.24, 2.45) is 0 Å². The molecule has 6 aromatic rings. The third kappa shape index (κ3) is 21.2. The van der Waals surface area contributed by atoms with E-state index in [1.807, 2.05) is 0 Å². The number of hydrogen-bond acceptors (Lipinski definition) is 14. The maximum Gasteiger partial charge on any atom is 0.163 e. The Morgan fingerprint density at radius 2 is 0.554 bits per heavy atom. The van der Waals surface area contributed by atoms with Crippen molar-refractivity contribution in [2.75, 3.05) is 0 Å². The van der Waals surface area contributed by atoms with Gasteiger partial charge in [0.05, 0.1) is 32.5 Å². The Morgan fingerprint density at radius 3 is 0.811 bits per heavy atom. The maximum absolute atomic E-state index is 11.9. The zero-order valence-electron chi connectivity index (χ0n) is 40.1. The average Bonchev–Trinajstić information content (AvgIpc) is 3.38. The van der Waals surface area contributed by atoms with Crippen LogP contribution in [-0.4, -0.2) is 75.6 Å². The van der Waals surface area contributed by atoms with Crippen LogP contribution in [0.25, 0.3) is 36.5 Å². The first-order valence-electron chi connectivity index (χ1n) is 22.7. The summed E-state index contributed by atoms with van der Waals surface area (Å²) in [5.74, 6) is -1.32. The van der Waals surface area contributed by atoms with Crippen LogP contribution in [0.5, 0.6) is 34.5 Å². The van der Waals surface area contributed by atoms with Crippen LogP contribution in [0.1, 0.15) is 69.3 Å². The SMILES string of the molecule is Cc1cc(/C=C/C(=O)CC(=O)/C=C/c2ccc(O)c(CO)c2)ccc1O.O=C(/C=C/c1ccc(O)cc1)CC(=O)/C=C/c1ccc(O)c(CO)c1.O=C(/C=C/c1ccc(O)cc1)CC(=O)/C=C/c1ccc(O)cc1. The van der Waals surface area contributed by atoms with Crippen molar-refractivity contribution in [3.8, 4) is 34.5 Å². The number of hydrogen-bond donors (Lipinski definition) is 8. The fourth-order valence-corrected chi connectivity index (χ4v) is 6.21. The van der Waals surface area contributed by atoms with Crippen LogP contribution < -0.4 is 0 Å². The second kappa shape index (κ2) is 29.6. The van der Waals surface area contributed by atoms with Gasteiger partial charge in [0.25, 0.3) is 0 Å². The zero-order chi connectivity index (χ0) is 54.0. The molecule has 0 bridgehead atoms. The van der Waals surface area contributed by atoms with Gasteiger partial charge in [0.1, 0.15) is 34.5 Å². The minimum absolute atomic E-state index is 0.0132. The molecule has 0 fully saturated rings. The van der Waals surface area contributed by atoms with Gasteiger partial charge in [-0.25, -0.2) is 0 Å². The van der Waals surface area contributed by atoms with Gasteiger partial charge in [-0.15, -0.1) is 0 Å². The van der Waals surface area contributed by atoms with E-state index in [4.69, 9.17) is 20.4 Å². The molecule has 0 aliphatic rings. The van der Waals surface area contributed by atoms with E-state index in [9.17, 15) is 49.2 Å². The molecule has 0 aliphatic carbocycles. The predicted octanol–water partition coefficient (Wildman–Crippen LogP) is 9.35. The Bertz CT molecular complexity index is 3030. The molecule has 0 saturated heterocycles. The van der Waals surface area contributed by atoms with Gasteiger partial charge in [-0.1, -0.05) is 91.1 Å². The first kappa shape index (κ1) is 57.1. The topological polar surface area (TPSA) is 264 Å². The number of phenols is 6. The highest BCUT2D eigenvalue weighted by atomic mass is 16.3. The summed E-state index contributed by atoms with van der Waals surface area (Å²) in [6.07, 6.45) is 16.6. The summed E-state index contributed by atoms with van der Waals surface area (Å²) in [5.41, 5.74) is 5.75. The molecule has 0 spiro atoms. The molecule has 0 aromatic heterocycles. The van der Waals surface area contributed by atoms with Gasteiger partial charge >= 0.3 is 0 Å². The lowest BCUT2D eigenvalue weighted by Crippen LogP contribution is -2.01. The predicted molar refractivity (Wildman–Crippen MR) is 283 cm³/mol. The van der Waals surface area contributed by atoms with Crippen molar-refractivity contribution in [3.63, 3.8) is 0 Å². The van der Waals surface area contributed by atoms with Crippen molar-refractivity contribution in [1.29, 1.82) is 0 Å². The number of carbonyl (C=O) groups is 6. The smallest absolute Gasteiger partial charge is 0.163 e. The van der Waals surface area contributed by atoms with Crippen LogP contribution in [0.2, 0.25) is 0 Å². The highest BCUT2D eigenvalue weighted by Gasteiger charge is 2.08. The number of rotatable bonds is 20. The summed E-state index contributed by atoms with van der Waals surface area (Å²) in [5, 5.41) is 74.2. The van der Waals surface area contributed by atoms with Gasteiger partial charge in [0.2, 0.25) is 0 Å². The molecule has 6 rings (SSSR count). The molecule has 0 radical (unpaired) electrons. The lowest BCUT2D eigenvalue weighted by atomic mass is 10.1. The third-order valence-corrected chi connectivity index (χ3v) is 10.3. The van der Waals surface area contributed by atoms with Gasteiger partial charge in [0, 0.05) is 11.1 Å². The Hall–Kier alpha value is -9.50. The number of carbonyl (C=O) groups excluding carboxylic acids is 6. The van der Waals surface area contributed by atoms with Gasteiger partial charge in [-0.3, -0.25) is 28.8 Å². The van der Waals surface area contributed by atoms with E-state index >= 15 is 0 Å². The van der Waals surface area contributed by atoms with Crippen LogP contribution in [0, 0.1) is 6.92 Å². The molecule has 14 heteroatoms. The van der Waals surface area contributed by atoms with Crippen LogP contribution in [-0.2, 0) is 42.0 Å². The van der Waals surface area contributed by atoms with E-state index in [2.05, 4.69) is 0 Å². The van der Waals surface area contributed by atoms with E-state index in [1.54, 1.807) is 110 Å². The van der Waals surface area contributed by atoms with Gasteiger partial charge in [-0.2, -0.15) is 0 Å². The number of phenolic OH excluding ortho intramolecular Hbond substituents is 4. The Kier molecular flexibility index (Phi) is 22.9. The highest BCUT2D eigenvalue weighted by molar-refractivity contribution is 6.12. The lowest BCUT2D eigenvalue weighted by Gasteiger charge is -2.01. The molecular weight excluding hydrogens is 945 g/mol. The van der Waals surface area contributed by atoms with E-state index in [0.717, 1.165) is 22.3 Å². The summed E-state index contributed by atoms with van der Waals surface area (Å²) in [6, 6.07) is 33.3. The van der Waals surface area contributed by atoms with Crippen molar-refractivity contribution in [2.45, 2.75) is 39.4 Å². The Labute approximate surface area is 427 Å². The minimum atomic E-state index is -0.348. The fourth-order valence-electron chi connectivity index (χ4n) is 6.21. The molecule has 378 valence electrons. The minimum Gasteiger partial charge on any atom is -0.508 e. The fraction of sp³-hybridized carbons (Fsp3) is 0.100. The number of aromatic hydroxyl groups is 6. The lowest BCUT2D eigenvalue weighted by molar-refractivity contribution is -0.123. The summed E-state index contributed by atoms with van der Waals surface area (Å²) in [4.78, 5) is 70.8. The first-order valence-corrected chi connectivity index (χ1v) is 22.7. The van der Waals surface area contributed by atoms with Crippen molar-refractivity contribution in [1.82, 2.24) is 0 Å². The summed E-state index contributed by atoms with van der Waals surface area (Å²) in [7, 11) is 0. The highest BCUT2D eigenvalue weighted by Crippen LogP contribution is 2.22. The van der Waals surface area contributed by atoms with Crippen molar-refractivity contribution < 1.29 is 69.6 Å². The van der Waals surface area contributed by atoms with Crippen LogP contribution in [0.4, 0.5) is 0 Å². The number of aryl methyl sites for hydroxylation is 1. The summed E-state index contributed by atoms with van der Waals surface area (Å²) in [6.45, 7) is 1.15. The summed E-state index contributed by atoms with van der Waals surface area (Å²) < 4.78 is 0. The maximum atomic E-state index is 11.9. The van der Waals surface area contributed by atoms with E-state index in [1.165, 1.54) is 97.1 Å². The van der Waals surface area contributed by atoms with E-state index in [0.29, 0.717) is 27.8 Å². The molecule has 6 aromatic carbocycles. The Balaban J connectivity index is 0.000000241. The second-order valence-corrected chi connectivity index (χ2v) is 16.2. The molecule has 0 unspecified atom stereocenters. The number of aliphatic hydroxyl groups is 2. The molecule has 0 aliphatic heterocycles. The van der Waals surface area contributed by atoms with Crippen LogP contribution in [0.15, 0.2) is 164 Å². The molecule has 0 saturated carbocycles. The average molecular weight is 999 g/mol.